The van der Waals surface area contributed by atoms with Crippen molar-refractivity contribution in [3.05, 3.63) is 36.4 Å². The van der Waals surface area contributed by atoms with E-state index < -0.39 is 0 Å². The summed E-state index contributed by atoms with van der Waals surface area (Å²) in [5, 5.41) is 2.46. The Bertz CT molecular complexity index is 557. The lowest BCUT2D eigenvalue weighted by Gasteiger charge is -2.12. The molecule has 0 N–H and O–H groups in total. The van der Waals surface area contributed by atoms with E-state index in [1.165, 1.54) is 27.2 Å². The van der Waals surface area contributed by atoms with E-state index in [0.717, 1.165) is 11.5 Å². The van der Waals surface area contributed by atoms with Gasteiger partial charge in [0.2, 0.25) is 0 Å². The molecule has 2 nitrogen and oxygen atoms in total. The van der Waals surface area contributed by atoms with Gasteiger partial charge in [0, 0.05) is 28.9 Å². The summed E-state index contributed by atoms with van der Waals surface area (Å²) in [4.78, 5) is 1.33. The Labute approximate surface area is 135 Å². The van der Waals surface area contributed by atoms with Crippen molar-refractivity contribution in [1.82, 2.24) is 0 Å². The molecule has 2 aromatic rings. The van der Waals surface area contributed by atoms with E-state index in [4.69, 9.17) is 9.47 Å². The summed E-state index contributed by atoms with van der Waals surface area (Å²) in [5.41, 5.74) is 0. The molecule has 0 aliphatic heterocycles. The van der Waals surface area contributed by atoms with Crippen LogP contribution in [0.4, 0.5) is 0 Å². The first-order valence-electron chi connectivity index (χ1n) is 7.21. The molecule has 0 aliphatic carbocycles. The number of benzene rings is 2. The van der Waals surface area contributed by atoms with Crippen LogP contribution in [-0.4, -0.2) is 37.6 Å². The number of fused-ring (bicyclic) bond motifs is 1. The van der Waals surface area contributed by atoms with Crippen LogP contribution in [0.3, 0.4) is 0 Å². The first-order valence-corrected chi connectivity index (χ1v) is 9.35. The second-order valence-corrected chi connectivity index (χ2v) is 7.02. The predicted molar refractivity (Wildman–Crippen MR) is 95.0 cm³/mol. The minimum absolute atomic E-state index is 0.583. The largest absolute Gasteiger partial charge is 0.491 e. The van der Waals surface area contributed by atoms with Crippen LogP contribution in [0.5, 0.6) is 5.75 Å². The van der Waals surface area contributed by atoms with E-state index in [0.29, 0.717) is 13.2 Å². The third-order valence-corrected chi connectivity index (χ3v) is 5.31. The minimum Gasteiger partial charge on any atom is -0.491 e. The second-order valence-electron chi connectivity index (χ2n) is 4.49. The highest BCUT2D eigenvalue weighted by Gasteiger charge is 2.07. The maximum absolute atomic E-state index is 5.82. The summed E-state index contributed by atoms with van der Waals surface area (Å²) in [7, 11) is 1.69. The molecule has 21 heavy (non-hydrogen) atoms. The summed E-state index contributed by atoms with van der Waals surface area (Å²) >= 11 is 3.92. The predicted octanol–water partition coefficient (Wildman–Crippen LogP) is 4.71. The zero-order valence-corrected chi connectivity index (χ0v) is 14.3. The number of ether oxygens (including phenoxy) is 2. The van der Waals surface area contributed by atoms with Crippen molar-refractivity contribution in [2.24, 2.45) is 0 Å². The van der Waals surface area contributed by atoms with Gasteiger partial charge in [0.25, 0.3) is 0 Å². The van der Waals surface area contributed by atoms with Gasteiger partial charge >= 0.3 is 0 Å². The maximum atomic E-state index is 5.82. The van der Waals surface area contributed by atoms with Crippen LogP contribution in [0.2, 0.25) is 0 Å². The topological polar surface area (TPSA) is 18.5 Å². The van der Waals surface area contributed by atoms with Crippen LogP contribution < -0.4 is 4.74 Å². The van der Waals surface area contributed by atoms with E-state index in [2.05, 4.69) is 43.3 Å². The zero-order valence-electron chi connectivity index (χ0n) is 12.6. The molecule has 0 bridgehead atoms. The molecule has 2 rings (SSSR count). The van der Waals surface area contributed by atoms with Gasteiger partial charge in [-0.2, -0.15) is 11.8 Å². The van der Waals surface area contributed by atoms with Gasteiger partial charge in [-0.1, -0.05) is 31.2 Å². The van der Waals surface area contributed by atoms with Gasteiger partial charge in [-0.25, -0.2) is 0 Å². The highest BCUT2D eigenvalue weighted by Crippen LogP contribution is 2.34. The van der Waals surface area contributed by atoms with Gasteiger partial charge in [0.05, 0.1) is 6.61 Å². The second kappa shape index (κ2) is 9.23. The van der Waals surface area contributed by atoms with E-state index in [1.54, 1.807) is 7.11 Å². The Hall–Kier alpha value is -0.840. The molecular weight excluding hydrogens is 300 g/mol. The third-order valence-electron chi connectivity index (χ3n) is 3.08. The fraction of sp³-hybridized carbons (Fsp3) is 0.412. The van der Waals surface area contributed by atoms with Crippen molar-refractivity contribution in [2.75, 3.05) is 37.6 Å². The van der Waals surface area contributed by atoms with Crippen molar-refractivity contribution in [3.8, 4) is 5.75 Å². The molecule has 2 aromatic carbocycles. The van der Waals surface area contributed by atoms with E-state index in [9.17, 15) is 0 Å². The summed E-state index contributed by atoms with van der Waals surface area (Å²) in [6, 6.07) is 12.7. The average molecular weight is 322 g/mol. The minimum atomic E-state index is 0.583. The van der Waals surface area contributed by atoms with E-state index in [-0.39, 0.29) is 0 Å². The average Bonchev–Trinajstić information content (AvgIpc) is 2.53. The summed E-state index contributed by atoms with van der Waals surface area (Å²) < 4.78 is 10.9. The van der Waals surface area contributed by atoms with Crippen LogP contribution in [0.15, 0.2) is 41.3 Å². The molecule has 0 saturated carbocycles. The third kappa shape index (κ3) is 4.83. The van der Waals surface area contributed by atoms with Gasteiger partial charge in [0.1, 0.15) is 12.4 Å². The molecule has 114 valence electrons. The van der Waals surface area contributed by atoms with Crippen LogP contribution >= 0.6 is 23.5 Å². The highest BCUT2D eigenvalue weighted by molar-refractivity contribution is 8.03. The molecule has 0 radical (unpaired) electrons. The van der Waals surface area contributed by atoms with Crippen LogP contribution in [0.25, 0.3) is 10.8 Å². The molecule has 0 heterocycles. The lowest BCUT2D eigenvalue weighted by atomic mass is 10.1. The summed E-state index contributed by atoms with van der Waals surface area (Å²) in [5.74, 6) is 4.47. The number of rotatable bonds is 9. The lowest BCUT2D eigenvalue weighted by Crippen LogP contribution is -2.04. The first-order chi connectivity index (χ1) is 10.4. The van der Waals surface area contributed by atoms with Gasteiger partial charge < -0.3 is 9.47 Å². The quantitative estimate of drug-likeness (QED) is 0.491. The van der Waals surface area contributed by atoms with Crippen molar-refractivity contribution < 1.29 is 9.47 Å². The van der Waals surface area contributed by atoms with E-state index in [1.807, 2.05) is 23.5 Å². The van der Waals surface area contributed by atoms with Crippen molar-refractivity contribution in [1.29, 1.82) is 0 Å². The molecule has 0 aromatic heterocycles. The number of hydrogen-bond donors (Lipinski definition) is 0. The Balaban J connectivity index is 2.14. The molecule has 0 amide bonds. The molecule has 0 atom stereocenters. The monoisotopic (exact) mass is 322 g/mol. The molecular formula is C17H22O2S2. The fourth-order valence-electron chi connectivity index (χ4n) is 2.09. The SMILES string of the molecule is CCSCCSc1ccc(OCCOC)c2ccccc12. The molecule has 0 unspecified atom stereocenters. The number of thioether (sulfide) groups is 2. The Kier molecular flexibility index (Phi) is 7.27. The van der Waals surface area contributed by atoms with Gasteiger partial charge in [-0.15, -0.1) is 11.8 Å². The van der Waals surface area contributed by atoms with Crippen molar-refractivity contribution in [2.45, 2.75) is 11.8 Å². The smallest absolute Gasteiger partial charge is 0.127 e. The highest BCUT2D eigenvalue weighted by atomic mass is 32.2. The number of hydrogen-bond acceptors (Lipinski definition) is 4. The van der Waals surface area contributed by atoms with Crippen molar-refractivity contribution >= 4 is 34.3 Å². The maximum Gasteiger partial charge on any atom is 0.127 e. The molecule has 4 heteroatoms. The summed E-state index contributed by atoms with van der Waals surface area (Å²) in [6.45, 7) is 3.40. The normalized spacial score (nSPS) is 11.0. The van der Waals surface area contributed by atoms with Gasteiger partial charge in [0.15, 0.2) is 0 Å². The van der Waals surface area contributed by atoms with Crippen LogP contribution in [0.1, 0.15) is 6.92 Å². The Morgan fingerprint density at radius 2 is 1.76 bits per heavy atom. The Morgan fingerprint density at radius 1 is 0.952 bits per heavy atom. The zero-order chi connectivity index (χ0) is 14.9. The summed E-state index contributed by atoms with van der Waals surface area (Å²) in [6.07, 6.45) is 0. The van der Waals surface area contributed by atoms with E-state index >= 15 is 0 Å². The molecule has 0 aliphatic rings. The van der Waals surface area contributed by atoms with Gasteiger partial charge in [-0.3, -0.25) is 0 Å². The molecule has 0 fully saturated rings. The van der Waals surface area contributed by atoms with Gasteiger partial charge in [-0.05, 0) is 23.3 Å². The van der Waals surface area contributed by atoms with Crippen LogP contribution in [0, 0.1) is 0 Å². The Morgan fingerprint density at radius 3 is 2.52 bits per heavy atom. The molecule has 0 saturated heterocycles. The first kappa shape index (κ1) is 16.5. The number of methoxy groups -OCH3 is 1. The lowest BCUT2D eigenvalue weighted by molar-refractivity contribution is 0.147. The fourth-order valence-corrected chi connectivity index (χ4v) is 3.90. The van der Waals surface area contributed by atoms with Crippen molar-refractivity contribution in [3.63, 3.8) is 0 Å². The van der Waals surface area contributed by atoms with Crippen LogP contribution in [-0.2, 0) is 4.74 Å². The molecule has 0 spiro atoms. The standard InChI is InChI=1S/C17H22O2S2/c1-3-20-12-13-21-17-9-8-16(19-11-10-18-2)14-6-4-5-7-15(14)17/h4-9H,3,10-13H2,1-2H3.